The molecule has 13 heteroatoms. The third kappa shape index (κ3) is 8.43. The second kappa shape index (κ2) is 14.8. The monoisotopic (exact) mass is 675 g/mol. The molecule has 0 bridgehead atoms. The Morgan fingerprint density at radius 1 is 0.870 bits per heavy atom. The Hall–Kier alpha value is -4.42. The molecular weight excluding hydrogens is 646 g/mol. The number of benzene rings is 4. The first-order valence-electron chi connectivity index (χ1n) is 14.1. The van der Waals surface area contributed by atoms with Gasteiger partial charge < -0.3 is 10.2 Å². The molecule has 242 valence electrons. The minimum atomic E-state index is -4.85. The van der Waals surface area contributed by atoms with Crippen LogP contribution >= 0.6 is 11.6 Å². The van der Waals surface area contributed by atoms with E-state index in [-0.39, 0.29) is 29.4 Å². The second-order valence-corrected chi connectivity index (χ2v) is 12.5. The first-order chi connectivity index (χ1) is 21.8. The standard InChI is InChI=1S/C33H30ClF4N3O4S/c1-2-39-32(43)30(19-23-9-5-3-6-10-23)40(21-24-13-16-26(35)17-14-24)31(42)22-41(46(44,45)27-11-7-4-8-12-27)29-20-25(33(36,37)38)15-18-28(29)34/h3-18,20,30H,2,19,21-22H2,1H3,(H,39,43)/t30-/m0/s1. The van der Waals surface area contributed by atoms with Crippen molar-refractivity contribution in [3.63, 3.8) is 0 Å². The molecule has 2 amide bonds. The summed E-state index contributed by atoms with van der Waals surface area (Å²) < 4.78 is 83.5. The predicted molar refractivity (Wildman–Crippen MR) is 167 cm³/mol. The smallest absolute Gasteiger partial charge is 0.355 e. The van der Waals surface area contributed by atoms with Gasteiger partial charge in [0.25, 0.3) is 10.0 Å². The molecule has 0 aliphatic rings. The van der Waals surface area contributed by atoms with Crippen LogP contribution in [0.25, 0.3) is 0 Å². The lowest BCUT2D eigenvalue weighted by atomic mass is 10.0. The molecule has 46 heavy (non-hydrogen) atoms. The number of hydrogen-bond acceptors (Lipinski definition) is 4. The number of amides is 2. The van der Waals surface area contributed by atoms with Gasteiger partial charge >= 0.3 is 6.18 Å². The van der Waals surface area contributed by atoms with Crippen LogP contribution in [-0.2, 0) is 38.8 Å². The number of anilines is 1. The van der Waals surface area contributed by atoms with Crippen LogP contribution in [0.2, 0.25) is 5.02 Å². The average Bonchev–Trinajstić information content (AvgIpc) is 3.03. The lowest BCUT2D eigenvalue weighted by molar-refractivity contribution is -0.140. The highest BCUT2D eigenvalue weighted by Crippen LogP contribution is 2.37. The van der Waals surface area contributed by atoms with Gasteiger partial charge in [0.05, 0.1) is 21.2 Å². The van der Waals surface area contributed by atoms with Gasteiger partial charge in [0.15, 0.2) is 0 Å². The van der Waals surface area contributed by atoms with Crippen molar-refractivity contribution in [2.75, 3.05) is 17.4 Å². The third-order valence-electron chi connectivity index (χ3n) is 7.04. The van der Waals surface area contributed by atoms with Crippen molar-refractivity contribution in [3.8, 4) is 0 Å². The van der Waals surface area contributed by atoms with Crippen molar-refractivity contribution in [2.24, 2.45) is 0 Å². The molecule has 1 N–H and O–H groups in total. The van der Waals surface area contributed by atoms with Gasteiger partial charge in [-0.1, -0.05) is 72.3 Å². The van der Waals surface area contributed by atoms with Crippen molar-refractivity contribution >= 4 is 39.1 Å². The summed E-state index contributed by atoms with van der Waals surface area (Å²) >= 11 is 6.31. The first kappa shape index (κ1) is 34.5. The van der Waals surface area contributed by atoms with Gasteiger partial charge in [0, 0.05) is 19.5 Å². The number of sulfonamides is 1. The molecular formula is C33H30ClF4N3O4S. The molecule has 4 aromatic rings. The van der Waals surface area contributed by atoms with E-state index in [9.17, 15) is 35.6 Å². The van der Waals surface area contributed by atoms with Gasteiger partial charge in [-0.15, -0.1) is 0 Å². The third-order valence-corrected chi connectivity index (χ3v) is 9.13. The zero-order chi connectivity index (χ0) is 33.5. The lowest BCUT2D eigenvalue weighted by Gasteiger charge is -2.34. The number of likely N-dealkylation sites (N-methyl/N-ethyl adjacent to an activating group) is 1. The quantitative estimate of drug-likeness (QED) is 0.175. The number of carbonyl (C=O) groups excluding carboxylic acids is 2. The molecule has 0 heterocycles. The summed E-state index contributed by atoms with van der Waals surface area (Å²) in [7, 11) is -4.68. The van der Waals surface area contributed by atoms with Crippen molar-refractivity contribution in [1.29, 1.82) is 0 Å². The number of halogens is 5. The Morgan fingerprint density at radius 2 is 1.48 bits per heavy atom. The van der Waals surface area contributed by atoms with Gasteiger partial charge in [0.1, 0.15) is 18.4 Å². The minimum absolute atomic E-state index is 0.0232. The van der Waals surface area contributed by atoms with Gasteiger partial charge in [-0.25, -0.2) is 12.8 Å². The van der Waals surface area contributed by atoms with Crippen molar-refractivity contribution in [2.45, 2.75) is 37.0 Å². The Kier molecular flexibility index (Phi) is 11.1. The van der Waals surface area contributed by atoms with E-state index in [1.165, 1.54) is 48.5 Å². The number of carbonyl (C=O) groups is 2. The molecule has 4 aromatic carbocycles. The highest BCUT2D eigenvalue weighted by Gasteiger charge is 2.37. The normalized spacial score (nSPS) is 12.3. The fourth-order valence-corrected chi connectivity index (χ4v) is 6.46. The summed E-state index contributed by atoms with van der Waals surface area (Å²) in [6, 6.07) is 21.8. The fraction of sp³-hybridized carbons (Fsp3) is 0.212. The molecule has 7 nitrogen and oxygen atoms in total. The van der Waals surface area contributed by atoms with E-state index < -0.39 is 57.7 Å². The van der Waals surface area contributed by atoms with E-state index >= 15 is 0 Å². The van der Waals surface area contributed by atoms with Gasteiger partial charge in [0.2, 0.25) is 11.8 Å². The Bertz CT molecular complexity index is 1760. The van der Waals surface area contributed by atoms with E-state index in [2.05, 4.69) is 5.32 Å². The fourth-order valence-electron chi connectivity index (χ4n) is 4.75. The van der Waals surface area contributed by atoms with E-state index in [0.29, 0.717) is 27.6 Å². The minimum Gasteiger partial charge on any atom is -0.355 e. The van der Waals surface area contributed by atoms with Crippen molar-refractivity contribution < 1.29 is 35.6 Å². The number of nitrogens with zero attached hydrogens (tertiary/aromatic N) is 2. The molecule has 0 saturated heterocycles. The first-order valence-corrected chi connectivity index (χ1v) is 15.9. The van der Waals surface area contributed by atoms with Crippen molar-refractivity contribution in [3.05, 3.63) is 131 Å². The molecule has 0 aliphatic heterocycles. The van der Waals surface area contributed by atoms with E-state index in [0.717, 1.165) is 11.0 Å². The van der Waals surface area contributed by atoms with Crippen LogP contribution in [-0.4, -0.2) is 44.3 Å². The molecule has 1 atom stereocenters. The van der Waals surface area contributed by atoms with Gasteiger partial charge in [-0.2, -0.15) is 13.2 Å². The van der Waals surface area contributed by atoms with Crippen LogP contribution in [0, 0.1) is 5.82 Å². The molecule has 4 rings (SSSR count). The molecule has 0 fully saturated rings. The summed E-state index contributed by atoms with van der Waals surface area (Å²) in [6.45, 7) is 0.651. The zero-order valence-corrected chi connectivity index (χ0v) is 26.1. The number of hydrogen-bond donors (Lipinski definition) is 1. The Labute approximate surface area is 269 Å². The highest BCUT2D eigenvalue weighted by molar-refractivity contribution is 7.92. The highest BCUT2D eigenvalue weighted by atomic mass is 35.5. The Morgan fingerprint density at radius 3 is 2.07 bits per heavy atom. The molecule has 0 spiro atoms. The summed E-state index contributed by atoms with van der Waals surface area (Å²) in [6.07, 6.45) is -4.82. The average molecular weight is 676 g/mol. The predicted octanol–water partition coefficient (Wildman–Crippen LogP) is 6.47. The largest absolute Gasteiger partial charge is 0.416 e. The molecule has 0 radical (unpaired) electrons. The number of rotatable bonds is 12. The molecule has 0 saturated carbocycles. The second-order valence-electron chi connectivity index (χ2n) is 10.2. The SMILES string of the molecule is CCNC(=O)[C@H](Cc1ccccc1)N(Cc1ccc(F)cc1)C(=O)CN(c1cc(C(F)(F)F)ccc1Cl)S(=O)(=O)c1ccccc1. The Balaban J connectivity index is 1.86. The topological polar surface area (TPSA) is 86.8 Å². The van der Waals surface area contributed by atoms with Crippen LogP contribution in [0.5, 0.6) is 0 Å². The lowest BCUT2D eigenvalue weighted by Crippen LogP contribution is -2.53. The van der Waals surface area contributed by atoms with Crippen LogP contribution in [0.3, 0.4) is 0 Å². The summed E-state index contributed by atoms with van der Waals surface area (Å²) in [5.74, 6) is -1.99. The maximum atomic E-state index is 14.3. The summed E-state index contributed by atoms with van der Waals surface area (Å²) in [5, 5.41) is 2.35. The van der Waals surface area contributed by atoms with Crippen LogP contribution in [0.15, 0.2) is 108 Å². The number of alkyl halides is 3. The summed E-state index contributed by atoms with van der Waals surface area (Å²) in [4.78, 5) is 28.6. The number of nitrogens with one attached hydrogen (secondary N) is 1. The maximum Gasteiger partial charge on any atom is 0.416 e. The molecule has 0 aromatic heterocycles. The maximum absolute atomic E-state index is 14.3. The van der Waals surface area contributed by atoms with Crippen molar-refractivity contribution in [1.82, 2.24) is 10.2 Å². The van der Waals surface area contributed by atoms with E-state index in [1.807, 2.05) is 0 Å². The van der Waals surface area contributed by atoms with Crippen LogP contribution in [0.4, 0.5) is 23.2 Å². The van der Waals surface area contributed by atoms with Crippen LogP contribution in [0.1, 0.15) is 23.6 Å². The molecule has 0 unspecified atom stereocenters. The van der Waals surface area contributed by atoms with Gasteiger partial charge in [-0.05, 0) is 60.5 Å². The van der Waals surface area contributed by atoms with Crippen LogP contribution < -0.4 is 9.62 Å². The van der Waals surface area contributed by atoms with Gasteiger partial charge in [-0.3, -0.25) is 13.9 Å². The zero-order valence-electron chi connectivity index (χ0n) is 24.5. The van der Waals surface area contributed by atoms with E-state index in [1.54, 1.807) is 43.3 Å². The van der Waals surface area contributed by atoms with E-state index in [4.69, 9.17) is 11.6 Å². The molecule has 0 aliphatic carbocycles. The summed E-state index contributed by atoms with van der Waals surface area (Å²) in [5.41, 5.74) is -0.648.